The molecule has 2 aromatic rings. The summed E-state index contributed by atoms with van der Waals surface area (Å²) in [4.78, 5) is 15.0. The lowest BCUT2D eigenvalue weighted by molar-refractivity contribution is 0.0853. The number of ether oxygens (including phenoxy) is 1. The summed E-state index contributed by atoms with van der Waals surface area (Å²) in [6.07, 6.45) is 5.73. The van der Waals surface area contributed by atoms with Crippen LogP contribution in [0.15, 0.2) is 59.5 Å². The van der Waals surface area contributed by atoms with Crippen molar-refractivity contribution >= 4 is 27.7 Å². The first-order valence-corrected chi connectivity index (χ1v) is 14.7. The average Bonchev–Trinajstić information content (AvgIpc) is 3.40. The fourth-order valence-corrected chi connectivity index (χ4v) is 7.20. The van der Waals surface area contributed by atoms with E-state index in [-0.39, 0.29) is 17.5 Å². The highest BCUT2D eigenvalue weighted by atomic mass is 35.5. The van der Waals surface area contributed by atoms with Gasteiger partial charge in [0.2, 0.25) is 10.0 Å². The molecule has 9 heteroatoms. The minimum atomic E-state index is -3.82. The Morgan fingerprint density at radius 1 is 0.972 bits per heavy atom. The first-order valence-electron chi connectivity index (χ1n) is 12.9. The number of rotatable bonds is 10. The normalized spacial score (nSPS) is 21.4. The molecule has 2 fully saturated rings. The van der Waals surface area contributed by atoms with Crippen LogP contribution in [0.5, 0.6) is 0 Å². The van der Waals surface area contributed by atoms with Crippen LogP contribution in [0.2, 0.25) is 5.02 Å². The molecule has 0 bridgehead atoms. The van der Waals surface area contributed by atoms with E-state index in [0.29, 0.717) is 24.4 Å². The number of halogens is 1. The van der Waals surface area contributed by atoms with Crippen molar-refractivity contribution in [2.45, 2.75) is 61.9 Å². The Bertz CT molecular complexity index is 1080. The minimum absolute atomic E-state index is 0.0239. The Balaban J connectivity index is 1.42. The molecule has 7 nitrogen and oxygen atoms in total. The van der Waals surface area contributed by atoms with Gasteiger partial charge in [0.05, 0.1) is 10.9 Å². The van der Waals surface area contributed by atoms with Gasteiger partial charge in [-0.25, -0.2) is 13.2 Å². The van der Waals surface area contributed by atoms with E-state index in [1.807, 2.05) is 30.3 Å². The Hall–Kier alpha value is -2.13. The second-order valence-electron chi connectivity index (χ2n) is 9.64. The molecule has 0 saturated carbocycles. The molecule has 36 heavy (non-hydrogen) atoms. The third-order valence-electron chi connectivity index (χ3n) is 7.02. The highest BCUT2D eigenvalue weighted by molar-refractivity contribution is 7.89. The van der Waals surface area contributed by atoms with Gasteiger partial charge in [-0.05, 0) is 88.0 Å². The molecule has 4 rings (SSSR count). The zero-order valence-electron chi connectivity index (χ0n) is 20.6. The van der Waals surface area contributed by atoms with Crippen molar-refractivity contribution in [3.63, 3.8) is 0 Å². The lowest BCUT2D eigenvalue weighted by atomic mass is 9.94. The van der Waals surface area contributed by atoms with Gasteiger partial charge in [0, 0.05) is 17.6 Å². The summed E-state index contributed by atoms with van der Waals surface area (Å²) in [5.74, 6) is 0. The van der Waals surface area contributed by atoms with Gasteiger partial charge in [0.15, 0.2) is 0 Å². The van der Waals surface area contributed by atoms with Gasteiger partial charge < -0.3 is 15.0 Å². The first-order chi connectivity index (χ1) is 17.4. The van der Waals surface area contributed by atoms with Gasteiger partial charge in [0.1, 0.15) is 6.61 Å². The van der Waals surface area contributed by atoms with E-state index < -0.39 is 22.2 Å². The zero-order chi connectivity index (χ0) is 25.4. The molecule has 1 N–H and O–H groups in total. The second-order valence-corrected chi connectivity index (χ2v) is 11.9. The Kier molecular flexibility index (Phi) is 9.65. The van der Waals surface area contributed by atoms with Crippen molar-refractivity contribution in [1.82, 2.24) is 14.5 Å². The smallest absolute Gasteiger partial charge is 0.407 e. The lowest BCUT2D eigenvalue weighted by Crippen LogP contribution is -2.53. The SMILES string of the molecule is O=C(NCCCN1CCCC1)OC[C@H]1CCC[C@@H](Cc2ccccc2)N1S(=O)(=O)c1ccc(Cl)cc1. The van der Waals surface area contributed by atoms with E-state index in [9.17, 15) is 13.2 Å². The third kappa shape index (κ3) is 7.22. The summed E-state index contributed by atoms with van der Waals surface area (Å²) < 4.78 is 34.7. The van der Waals surface area contributed by atoms with Crippen LogP contribution in [-0.4, -0.2) is 68.6 Å². The molecule has 2 aliphatic heterocycles. The molecule has 2 aromatic carbocycles. The van der Waals surface area contributed by atoms with Gasteiger partial charge in [-0.2, -0.15) is 4.31 Å². The van der Waals surface area contributed by atoms with Crippen LogP contribution in [0.3, 0.4) is 0 Å². The van der Waals surface area contributed by atoms with Crippen LogP contribution in [0.4, 0.5) is 4.79 Å². The maximum Gasteiger partial charge on any atom is 0.407 e. The van der Waals surface area contributed by atoms with Crippen LogP contribution in [0, 0.1) is 0 Å². The van der Waals surface area contributed by atoms with E-state index in [4.69, 9.17) is 16.3 Å². The fraction of sp³-hybridized carbons (Fsp3) is 0.519. The van der Waals surface area contributed by atoms with E-state index in [1.165, 1.54) is 25.0 Å². The second kappa shape index (κ2) is 12.9. The van der Waals surface area contributed by atoms with Crippen LogP contribution < -0.4 is 5.32 Å². The van der Waals surface area contributed by atoms with Gasteiger partial charge in [0.25, 0.3) is 0 Å². The maximum absolute atomic E-state index is 13.8. The van der Waals surface area contributed by atoms with E-state index in [2.05, 4.69) is 10.2 Å². The van der Waals surface area contributed by atoms with Crippen LogP contribution in [0.25, 0.3) is 0 Å². The highest BCUT2D eigenvalue weighted by Gasteiger charge is 2.40. The van der Waals surface area contributed by atoms with Crippen molar-refractivity contribution in [1.29, 1.82) is 0 Å². The molecule has 0 aliphatic carbocycles. The number of hydrogen-bond acceptors (Lipinski definition) is 5. The number of likely N-dealkylation sites (tertiary alicyclic amines) is 1. The molecule has 196 valence electrons. The standard InChI is InChI=1S/C27H36ClN3O4S/c28-23-12-14-26(15-13-23)36(33,34)31-24(20-22-8-2-1-3-9-22)10-6-11-25(31)21-35-27(32)29-16-7-19-30-17-4-5-18-30/h1-3,8-9,12-15,24-25H,4-7,10-11,16-21H2,(H,29,32)/t24-,25+/m0/s1. The molecule has 0 radical (unpaired) electrons. The molecule has 0 aromatic heterocycles. The van der Waals surface area contributed by atoms with Crippen molar-refractivity contribution in [3.8, 4) is 0 Å². The molecule has 2 aliphatic rings. The average molecular weight is 534 g/mol. The van der Waals surface area contributed by atoms with Crippen molar-refractivity contribution in [2.24, 2.45) is 0 Å². The molecular weight excluding hydrogens is 498 g/mol. The molecule has 0 spiro atoms. The maximum atomic E-state index is 13.8. The molecular formula is C27H36ClN3O4S. The number of sulfonamides is 1. The van der Waals surface area contributed by atoms with Crippen molar-refractivity contribution in [3.05, 3.63) is 65.2 Å². The summed E-state index contributed by atoms with van der Waals surface area (Å²) in [6, 6.07) is 15.5. The number of amides is 1. The monoisotopic (exact) mass is 533 g/mol. The number of carbonyl (C=O) groups is 1. The Morgan fingerprint density at radius 3 is 2.39 bits per heavy atom. The van der Waals surface area contributed by atoms with Crippen molar-refractivity contribution < 1.29 is 17.9 Å². The summed E-state index contributed by atoms with van der Waals surface area (Å²) in [6.45, 7) is 3.80. The summed E-state index contributed by atoms with van der Waals surface area (Å²) in [7, 11) is -3.82. The fourth-order valence-electron chi connectivity index (χ4n) is 5.22. The number of piperidine rings is 1. The lowest BCUT2D eigenvalue weighted by Gasteiger charge is -2.40. The van der Waals surface area contributed by atoms with E-state index in [1.54, 1.807) is 16.4 Å². The number of hydrogen-bond donors (Lipinski definition) is 1. The van der Waals surface area contributed by atoms with Gasteiger partial charge in [-0.3, -0.25) is 0 Å². The number of nitrogens with zero attached hydrogens (tertiary/aromatic N) is 2. The highest BCUT2D eigenvalue weighted by Crippen LogP contribution is 2.32. The van der Waals surface area contributed by atoms with Crippen LogP contribution in [0.1, 0.15) is 44.1 Å². The first kappa shape index (κ1) is 26.9. The number of nitrogens with one attached hydrogen (secondary N) is 1. The molecule has 2 saturated heterocycles. The number of carbonyl (C=O) groups excluding carboxylic acids is 1. The summed E-state index contributed by atoms with van der Waals surface area (Å²) >= 11 is 6.01. The zero-order valence-corrected chi connectivity index (χ0v) is 22.2. The minimum Gasteiger partial charge on any atom is -0.448 e. The molecule has 1 amide bonds. The quantitative estimate of drug-likeness (QED) is 0.448. The van der Waals surface area contributed by atoms with E-state index >= 15 is 0 Å². The molecule has 2 heterocycles. The molecule has 0 unspecified atom stereocenters. The van der Waals surface area contributed by atoms with Crippen molar-refractivity contribution in [2.75, 3.05) is 32.8 Å². The third-order valence-corrected chi connectivity index (χ3v) is 9.29. The predicted octanol–water partition coefficient (Wildman–Crippen LogP) is 4.71. The Labute approximate surface area is 219 Å². The predicted molar refractivity (Wildman–Crippen MR) is 142 cm³/mol. The summed E-state index contributed by atoms with van der Waals surface area (Å²) in [5.41, 5.74) is 1.08. The summed E-state index contributed by atoms with van der Waals surface area (Å²) in [5, 5.41) is 3.30. The Morgan fingerprint density at radius 2 is 1.67 bits per heavy atom. The van der Waals surface area contributed by atoms with Gasteiger partial charge in [-0.15, -0.1) is 0 Å². The molecule has 2 atom stereocenters. The number of alkyl carbamates (subject to hydrolysis) is 1. The van der Waals surface area contributed by atoms with E-state index in [0.717, 1.165) is 44.5 Å². The van der Waals surface area contributed by atoms with Crippen LogP contribution in [-0.2, 0) is 21.2 Å². The number of benzene rings is 2. The van der Waals surface area contributed by atoms with Gasteiger partial charge in [-0.1, -0.05) is 48.4 Å². The van der Waals surface area contributed by atoms with Gasteiger partial charge >= 0.3 is 6.09 Å². The largest absolute Gasteiger partial charge is 0.448 e. The van der Waals surface area contributed by atoms with Crippen LogP contribution >= 0.6 is 11.6 Å². The topological polar surface area (TPSA) is 79.0 Å².